The first-order valence-corrected chi connectivity index (χ1v) is 9.00. The van der Waals surface area contributed by atoms with Crippen LogP contribution in [0.5, 0.6) is 0 Å². The van der Waals surface area contributed by atoms with Crippen LogP contribution in [0.25, 0.3) is 0 Å². The Hall–Kier alpha value is 0.0600. The average Bonchev–Trinajstić information content (AvgIpc) is 2.98. The predicted octanol–water partition coefficient (Wildman–Crippen LogP) is 3.91. The maximum absolute atomic E-state index is 3.25. The van der Waals surface area contributed by atoms with E-state index in [2.05, 4.69) is 51.1 Å². The van der Waals surface area contributed by atoms with Crippen molar-refractivity contribution in [2.75, 3.05) is 0 Å². The van der Waals surface area contributed by atoms with Gasteiger partial charge in [-0.1, -0.05) is 6.92 Å². The molecule has 0 heterocycles. The van der Waals surface area contributed by atoms with Gasteiger partial charge in [0.25, 0.3) is 0 Å². The summed E-state index contributed by atoms with van der Waals surface area (Å²) in [6.07, 6.45) is 18.3. The molecule has 2 rings (SSSR count). The summed E-state index contributed by atoms with van der Waals surface area (Å²) in [5, 5.41) is 0. The fourth-order valence-electron chi connectivity index (χ4n) is 0.855. The fraction of sp³-hybridized carbons (Fsp3) is 0.286. The number of hydrogen-bond acceptors (Lipinski definition) is 0. The summed E-state index contributed by atoms with van der Waals surface area (Å²) in [6, 6.07) is 0. The zero-order chi connectivity index (χ0) is 11.9. The van der Waals surface area contributed by atoms with Gasteiger partial charge in [-0.3, -0.25) is 12.2 Å². The van der Waals surface area contributed by atoms with Gasteiger partial charge in [0.05, 0.1) is 0 Å². The maximum atomic E-state index is 3.25. The van der Waals surface area contributed by atoms with E-state index in [0.29, 0.717) is 0 Å². The molecule has 0 aromatic heterocycles. The molecule has 0 aliphatic heterocycles. The zero-order valence-corrected chi connectivity index (χ0v) is 14.0. The number of hydrogen-bond donors (Lipinski definition) is 0. The molecule has 0 saturated carbocycles. The van der Waals surface area contributed by atoms with Gasteiger partial charge >= 0.3 is 30.2 Å². The molecule has 0 atom stereocenters. The van der Waals surface area contributed by atoms with Crippen LogP contribution in [-0.2, 0) is 23.3 Å². The zero-order valence-electron chi connectivity index (χ0n) is 10.5. The Morgan fingerprint density at radius 2 is 1.88 bits per heavy atom. The Labute approximate surface area is 119 Å². The van der Waals surface area contributed by atoms with E-state index < -0.39 is 0 Å². The number of rotatable bonds is 0. The van der Waals surface area contributed by atoms with Gasteiger partial charge in [-0.25, -0.2) is 23.8 Å². The summed E-state index contributed by atoms with van der Waals surface area (Å²) in [7, 11) is 0. The van der Waals surface area contributed by atoms with Crippen LogP contribution < -0.4 is 0 Å². The molecular weight excluding hydrogens is 287 g/mol. The first-order valence-electron chi connectivity index (χ1n) is 4.81. The molecule has 0 spiro atoms. The molecule has 0 fully saturated rings. The van der Waals surface area contributed by atoms with E-state index in [4.69, 9.17) is 0 Å². The molecule has 2 heteroatoms. The summed E-state index contributed by atoms with van der Waals surface area (Å²) in [5.74, 6) is 0. The Kier molecular flexibility index (Phi) is 27.3. The van der Waals surface area contributed by atoms with Gasteiger partial charge in [-0.05, 0) is 0 Å². The van der Waals surface area contributed by atoms with Gasteiger partial charge in [0.1, 0.15) is 0 Å². The first-order chi connectivity index (χ1) is 7.39. The van der Waals surface area contributed by atoms with Gasteiger partial charge in [0.2, 0.25) is 0 Å². The van der Waals surface area contributed by atoms with Gasteiger partial charge < -0.3 is 14.4 Å². The minimum atomic E-state index is 0. The summed E-state index contributed by atoms with van der Waals surface area (Å²) < 4.78 is 0. The van der Waals surface area contributed by atoms with Crippen molar-refractivity contribution in [1.29, 1.82) is 0 Å². The Balaban J connectivity index is -0.000000156. The van der Waals surface area contributed by atoms with E-state index in [-0.39, 0.29) is 7.43 Å². The molecular formula is C14H20SiZr-4. The van der Waals surface area contributed by atoms with E-state index in [0.717, 1.165) is 12.8 Å². The molecule has 0 aromatic rings. The molecule has 0 unspecified atom stereocenters. The Morgan fingerprint density at radius 1 is 1.25 bits per heavy atom. The number of allylic oxidation sites excluding steroid dienone is 8. The second-order valence-electron chi connectivity index (χ2n) is 2.47. The van der Waals surface area contributed by atoms with Crippen molar-refractivity contribution in [2.24, 2.45) is 0 Å². The van der Waals surface area contributed by atoms with Gasteiger partial charge in [0.15, 0.2) is 0 Å². The van der Waals surface area contributed by atoms with Gasteiger partial charge in [-0.15, -0.1) is 12.8 Å². The van der Waals surface area contributed by atoms with Crippen LogP contribution in [-0.4, -0.2) is 6.88 Å². The van der Waals surface area contributed by atoms with E-state index in [9.17, 15) is 0 Å². The summed E-state index contributed by atoms with van der Waals surface area (Å²) >= 11 is 1.36. The van der Waals surface area contributed by atoms with E-state index in [1.807, 2.05) is 12.2 Å². The molecule has 0 aromatic carbocycles. The van der Waals surface area contributed by atoms with Crippen molar-refractivity contribution in [3.05, 3.63) is 62.5 Å². The van der Waals surface area contributed by atoms with E-state index in [1.54, 1.807) is 6.92 Å². The van der Waals surface area contributed by atoms with E-state index in [1.165, 1.54) is 28.9 Å². The van der Waals surface area contributed by atoms with Crippen molar-refractivity contribution in [3.8, 4) is 0 Å². The van der Waals surface area contributed by atoms with Crippen molar-refractivity contribution in [3.63, 3.8) is 0 Å². The summed E-state index contributed by atoms with van der Waals surface area (Å²) in [4.78, 5) is 0. The molecule has 0 amide bonds. The molecule has 88 valence electrons. The van der Waals surface area contributed by atoms with Crippen LogP contribution in [0.15, 0.2) is 36.0 Å². The molecule has 0 bridgehead atoms. The monoisotopic (exact) mass is 306 g/mol. The van der Waals surface area contributed by atoms with E-state index >= 15 is 0 Å². The third-order valence-corrected chi connectivity index (χ3v) is 1.45. The first kappa shape index (κ1) is 21.4. The van der Waals surface area contributed by atoms with Crippen molar-refractivity contribution >= 4 is 6.88 Å². The van der Waals surface area contributed by atoms with Crippen LogP contribution in [0.3, 0.4) is 0 Å². The molecule has 0 nitrogen and oxygen atoms in total. The topological polar surface area (TPSA) is 0 Å². The van der Waals surface area contributed by atoms with Crippen LogP contribution in [0.1, 0.15) is 26.7 Å². The molecule has 0 N–H and O–H groups in total. The summed E-state index contributed by atoms with van der Waals surface area (Å²) in [5.41, 5.74) is 1.27. The quantitative estimate of drug-likeness (QED) is 0.470. The fourth-order valence-corrected chi connectivity index (χ4v) is 0.855. The third kappa shape index (κ3) is 16.5. The normalized spacial score (nSPS) is 13.0. The van der Waals surface area contributed by atoms with Crippen molar-refractivity contribution < 1.29 is 23.3 Å². The minimum absolute atomic E-state index is 0. The van der Waals surface area contributed by atoms with Crippen molar-refractivity contribution in [2.45, 2.75) is 26.7 Å². The predicted molar refractivity (Wildman–Crippen MR) is 71.0 cm³/mol. The average molecular weight is 308 g/mol. The second-order valence-corrected chi connectivity index (χ2v) is 2.47. The Morgan fingerprint density at radius 3 is 2.00 bits per heavy atom. The standard InChI is InChI=1S/C6H7.C5H5.C2H5.CH3.Si.Zr/c1-6-4-2-3-5-6;1-2-4-5-3-1;1-2;;;/h2,4H,3H2,1H3;1-3H,4H2;1H2,2H3;1H3;;/q4*-1;;. The second kappa shape index (κ2) is 20.5. The summed E-state index contributed by atoms with van der Waals surface area (Å²) in [6.45, 7) is 10.1. The van der Waals surface area contributed by atoms with Crippen LogP contribution in [0.2, 0.25) is 0 Å². The van der Waals surface area contributed by atoms with Crippen molar-refractivity contribution in [1.82, 2.24) is 0 Å². The SMILES string of the molecule is CC1=[C-]CC=C1.[C-]1=CC=CC1.[CH2-]C.[CH3-].[Si]=[Zr]. The van der Waals surface area contributed by atoms with Crippen LogP contribution >= 0.6 is 0 Å². The molecule has 2 radical (unpaired) electrons. The molecule has 16 heavy (non-hydrogen) atoms. The Bertz CT molecular complexity index is 224. The molecule has 0 saturated heterocycles. The van der Waals surface area contributed by atoms with Gasteiger partial charge in [0, 0.05) is 0 Å². The van der Waals surface area contributed by atoms with Crippen LogP contribution in [0.4, 0.5) is 0 Å². The van der Waals surface area contributed by atoms with Gasteiger partial charge in [-0.2, -0.15) is 19.1 Å². The molecule has 2 aliphatic carbocycles. The third-order valence-electron chi connectivity index (χ3n) is 1.45. The van der Waals surface area contributed by atoms with Crippen LogP contribution in [0, 0.1) is 26.5 Å². The molecule has 2 aliphatic rings.